The van der Waals surface area contributed by atoms with Gasteiger partial charge in [-0.1, -0.05) is 11.6 Å². The van der Waals surface area contributed by atoms with Gasteiger partial charge in [0.2, 0.25) is 0 Å². The fraction of sp³-hybridized carbons (Fsp3) is 0.154. The van der Waals surface area contributed by atoms with Crippen molar-refractivity contribution in [1.82, 2.24) is 0 Å². The number of amides is 1. The Morgan fingerprint density at radius 3 is 2.48 bits per heavy atom. The van der Waals surface area contributed by atoms with Gasteiger partial charge in [0.1, 0.15) is 13.2 Å². The molecule has 0 saturated heterocycles. The quantitative estimate of drug-likeness (QED) is 0.700. The Morgan fingerprint density at radius 1 is 1.19 bits per heavy atom. The Morgan fingerprint density at radius 2 is 1.86 bits per heavy atom. The summed E-state index contributed by atoms with van der Waals surface area (Å²) in [7, 11) is 0. The third kappa shape index (κ3) is 3.21. The van der Waals surface area contributed by atoms with Gasteiger partial charge < -0.3 is 14.8 Å². The Kier molecular flexibility index (Phi) is 4.44. The predicted molar refractivity (Wildman–Crippen MR) is 90.1 cm³/mol. The van der Waals surface area contributed by atoms with Gasteiger partial charge in [0.05, 0.1) is 23.8 Å². The van der Waals surface area contributed by atoms with Gasteiger partial charge >= 0.3 is 0 Å². The molecule has 1 amide bonds. The highest BCUT2D eigenvalue weighted by atomic mass is 79.9. The van der Waals surface area contributed by atoms with Crippen molar-refractivity contribution in [1.29, 1.82) is 0 Å². The van der Waals surface area contributed by atoms with E-state index in [1.807, 2.05) is 0 Å². The molecule has 3 rings (SSSR count). The van der Waals surface area contributed by atoms with E-state index in [-0.39, 0.29) is 5.91 Å². The van der Waals surface area contributed by atoms with Crippen LogP contribution >= 0.6 is 54.8 Å². The zero-order valence-corrected chi connectivity index (χ0v) is 15.2. The first-order valence-corrected chi connectivity index (χ1v) is 8.68. The van der Waals surface area contributed by atoms with Gasteiger partial charge in [-0.3, -0.25) is 4.79 Å². The van der Waals surface area contributed by atoms with Gasteiger partial charge in [-0.05, 0) is 37.9 Å². The molecule has 110 valence electrons. The van der Waals surface area contributed by atoms with Crippen LogP contribution in [0.15, 0.2) is 25.8 Å². The van der Waals surface area contributed by atoms with Crippen molar-refractivity contribution in [3.8, 4) is 11.5 Å². The number of ether oxygens (including phenoxy) is 2. The third-order valence-electron chi connectivity index (χ3n) is 2.78. The highest BCUT2D eigenvalue weighted by Crippen LogP contribution is 2.39. The van der Waals surface area contributed by atoms with E-state index in [0.29, 0.717) is 41.0 Å². The van der Waals surface area contributed by atoms with Crippen molar-refractivity contribution in [2.75, 3.05) is 18.5 Å². The van der Waals surface area contributed by atoms with E-state index >= 15 is 0 Å². The maximum absolute atomic E-state index is 12.3. The molecular formula is C13H8Br2ClNO3S. The first-order valence-electron chi connectivity index (χ1n) is 5.90. The number of fused-ring (bicyclic) bond motifs is 1. The first-order chi connectivity index (χ1) is 10.0. The number of halogens is 3. The molecule has 2 aromatic rings. The molecule has 0 spiro atoms. The Labute approximate surface area is 146 Å². The van der Waals surface area contributed by atoms with Crippen molar-refractivity contribution in [3.63, 3.8) is 0 Å². The average molecular weight is 454 g/mol. The second-order valence-electron chi connectivity index (χ2n) is 4.17. The van der Waals surface area contributed by atoms with Crippen LogP contribution in [0.1, 0.15) is 10.4 Å². The van der Waals surface area contributed by atoms with Crippen LogP contribution in [0, 0.1) is 0 Å². The third-order valence-corrected chi connectivity index (χ3v) is 5.43. The smallest absolute Gasteiger partial charge is 0.257 e. The number of hydrogen-bond acceptors (Lipinski definition) is 4. The van der Waals surface area contributed by atoms with E-state index in [1.165, 1.54) is 11.3 Å². The SMILES string of the molecule is O=C(Nc1cc2c(cc1Cl)OCCO2)c1cc(Br)sc1Br. The topological polar surface area (TPSA) is 47.6 Å². The summed E-state index contributed by atoms with van der Waals surface area (Å²) in [5.74, 6) is 0.914. The summed E-state index contributed by atoms with van der Waals surface area (Å²) in [5, 5.41) is 3.18. The van der Waals surface area contributed by atoms with Crippen molar-refractivity contribution in [2.45, 2.75) is 0 Å². The molecule has 0 fully saturated rings. The predicted octanol–water partition coefficient (Wildman–Crippen LogP) is 4.95. The minimum Gasteiger partial charge on any atom is -0.486 e. The molecule has 8 heteroatoms. The lowest BCUT2D eigenvalue weighted by Gasteiger charge is -2.20. The Balaban J connectivity index is 1.87. The minimum atomic E-state index is -0.248. The summed E-state index contributed by atoms with van der Waals surface area (Å²) in [5.41, 5.74) is 1.03. The number of anilines is 1. The summed E-state index contributed by atoms with van der Waals surface area (Å²) >= 11 is 14.3. The fourth-order valence-electron chi connectivity index (χ4n) is 1.84. The minimum absolute atomic E-state index is 0.248. The molecular weight excluding hydrogens is 445 g/mol. The first kappa shape index (κ1) is 15.1. The normalized spacial score (nSPS) is 13.1. The van der Waals surface area contributed by atoms with Gasteiger partial charge in [-0.25, -0.2) is 0 Å². The molecule has 1 aliphatic heterocycles. The van der Waals surface area contributed by atoms with E-state index in [1.54, 1.807) is 18.2 Å². The van der Waals surface area contributed by atoms with E-state index < -0.39 is 0 Å². The second kappa shape index (κ2) is 6.16. The number of hydrogen-bond donors (Lipinski definition) is 1. The monoisotopic (exact) mass is 451 g/mol. The van der Waals surface area contributed by atoms with Gasteiger partial charge in [0.25, 0.3) is 5.91 Å². The van der Waals surface area contributed by atoms with Gasteiger partial charge in [-0.2, -0.15) is 0 Å². The molecule has 21 heavy (non-hydrogen) atoms. The second-order valence-corrected chi connectivity index (χ2v) is 8.32. The summed E-state index contributed by atoms with van der Waals surface area (Å²) in [6.45, 7) is 0.968. The van der Waals surface area contributed by atoms with Crippen LogP contribution < -0.4 is 14.8 Å². The van der Waals surface area contributed by atoms with Crippen LogP contribution in [0.2, 0.25) is 5.02 Å². The molecule has 1 N–H and O–H groups in total. The van der Waals surface area contributed by atoms with E-state index in [0.717, 1.165) is 7.57 Å². The number of carbonyl (C=O) groups is 1. The Bertz CT molecular complexity index is 720. The molecule has 0 saturated carbocycles. The largest absolute Gasteiger partial charge is 0.486 e. The number of thiophene rings is 1. The zero-order chi connectivity index (χ0) is 15.0. The molecule has 0 unspecified atom stereocenters. The van der Waals surface area contributed by atoms with E-state index in [2.05, 4.69) is 37.2 Å². The molecule has 2 heterocycles. The summed E-state index contributed by atoms with van der Waals surface area (Å²) in [6.07, 6.45) is 0. The van der Waals surface area contributed by atoms with Gasteiger partial charge in [0, 0.05) is 12.1 Å². The number of rotatable bonds is 2. The maximum atomic E-state index is 12.3. The lowest BCUT2D eigenvalue weighted by molar-refractivity contribution is 0.102. The molecule has 0 atom stereocenters. The van der Waals surface area contributed by atoms with Crippen LogP contribution in [0.4, 0.5) is 5.69 Å². The number of benzene rings is 1. The molecule has 1 aromatic carbocycles. The van der Waals surface area contributed by atoms with Crippen molar-refractivity contribution < 1.29 is 14.3 Å². The molecule has 0 bridgehead atoms. The van der Waals surface area contributed by atoms with Crippen LogP contribution in [0.5, 0.6) is 11.5 Å². The van der Waals surface area contributed by atoms with Crippen molar-refractivity contribution in [2.24, 2.45) is 0 Å². The van der Waals surface area contributed by atoms with Crippen LogP contribution in [-0.2, 0) is 0 Å². The lowest BCUT2D eigenvalue weighted by atomic mass is 10.2. The van der Waals surface area contributed by atoms with Crippen molar-refractivity contribution in [3.05, 3.63) is 36.4 Å². The van der Waals surface area contributed by atoms with Crippen LogP contribution in [-0.4, -0.2) is 19.1 Å². The average Bonchev–Trinajstić information content (AvgIpc) is 2.78. The van der Waals surface area contributed by atoms with Gasteiger partial charge in [-0.15, -0.1) is 11.3 Å². The number of nitrogens with one attached hydrogen (secondary N) is 1. The summed E-state index contributed by atoms with van der Waals surface area (Å²) in [4.78, 5) is 12.3. The molecule has 1 aromatic heterocycles. The standard InChI is InChI=1S/C13H8Br2ClNO3S/c14-11-3-6(12(15)21-11)13(18)17-8-5-10-9(4-7(8)16)19-1-2-20-10/h3-5H,1-2H2,(H,17,18). The lowest BCUT2D eigenvalue weighted by Crippen LogP contribution is -2.16. The fourth-order valence-corrected chi connectivity index (χ4v) is 4.84. The Hall–Kier alpha value is -0.760. The molecule has 0 aliphatic carbocycles. The van der Waals surface area contributed by atoms with Gasteiger partial charge in [0.15, 0.2) is 11.5 Å². The highest BCUT2D eigenvalue weighted by molar-refractivity contribution is 9.12. The molecule has 0 radical (unpaired) electrons. The highest BCUT2D eigenvalue weighted by Gasteiger charge is 2.19. The molecule has 4 nitrogen and oxygen atoms in total. The van der Waals surface area contributed by atoms with Crippen molar-refractivity contribution >= 4 is 66.4 Å². The number of carbonyl (C=O) groups excluding carboxylic acids is 1. The van der Waals surface area contributed by atoms with E-state index in [4.69, 9.17) is 21.1 Å². The maximum Gasteiger partial charge on any atom is 0.257 e. The van der Waals surface area contributed by atoms with Crippen LogP contribution in [0.3, 0.4) is 0 Å². The summed E-state index contributed by atoms with van der Waals surface area (Å²) in [6, 6.07) is 5.06. The van der Waals surface area contributed by atoms with Crippen LogP contribution in [0.25, 0.3) is 0 Å². The summed E-state index contributed by atoms with van der Waals surface area (Å²) < 4.78 is 12.5. The zero-order valence-electron chi connectivity index (χ0n) is 10.4. The van der Waals surface area contributed by atoms with E-state index in [9.17, 15) is 4.79 Å². The molecule has 1 aliphatic rings.